The summed E-state index contributed by atoms with van der Waals surface area (Å²) < 4.78 is 27.2. The third-order valence-electron chi connectivity index (χ3n) is 5.44. The lowest BCUT2D eigenvalue weighted by molar-refractivity contribution is -0.389. The average molecular weight is 501 g/mol. The van der Waals surface area contributed by atoms with Gasteiger partial charge in [-0.25, -0.2) is 0 Å². The molecule has 0 atom stereocenters. The molecule has 0 N–H and O–H groups in total. The van der Waals surface area contributed by atoms with E-state index < -0.39 is 10.7 Å². The molecule has 0 saturated carbocycles. The predicted molar refractivity (Wildman–Crippen MR) is 135 cm³/mol. The minimum atomic E-state index is -1.34. The highest BCUT2D eigenvalue weighted by molar-refractivity contribution is 5.69. The zero-order valence-corrected chi connectivity index (χ0v) is 22.7. The van der Waals surface area contributed by atoms with Gasteiger partial charge in [-0.2, -0.15) is 0 Å². The summed E-state index contributed by atoms with van der Waals surface area (Å²) in [5, 5.41) is 11.9. The second-order valence-corrected chi connectivity index (χ2v) is 7.30. The molecule has 1 fully saturated rings. The number of esters is 1. The number of nitro benzene ring substituents is 1. The first kappa shape index (κ1) is 32.6. The van der Waals surface area contributed by atoms with E-state index >= 15 is 0 Å². The predicted octanol–water partition coefficient (Wildman–Crippen LogP) is 4.92. The van der Waals surface area contributed by atoms with Gasteiger partial charge in [-0.15, -0.1) is 0 Å². The van der Waals surface area contributed by atoms with Gasteiger partial charge >= 0.3 is 5.97 Å². The summed E-state index contributed by atoms with van der Waals surface area (Å²) in [6.07, 6.45) is 3.88. The van der Waals surface area contributed by atoms with Crippen molar-refractivity contribution >= 4 is 11.7 Å². The molecule has 0 radical (unpaired) electrons. The van der Waals surface area contributed by atoms with Gasteiger partial charge < -0.3 is 23.7 Å². The molecular weight excluding hydrogens is 456 g/mol. The third kappa shape index (κ3) is 9.62. The van der Waals surface area contributed by atoms with Crippen LogP contribution in [0.15, 0.2) is 12.1 Å². The number of hydrogen-bond acceptors (Lipinski definition) is 9. The quantitative estimate of drug-likeness (QED) is 0.130. The highest BCUT2D eigenvalue weighted by Crippen LogP contribution is 2.42. The van der Waals surface area contributed by atoms with Gasteiger partial charge in [0, 0.05) is 20.6 Å². The lowest BCUT2D eigenvalue weighted by Gasteiger charge is -2.37. The molecule has 0 amide bonds. The number of nitrogens with zero attached hydrogens (tertiary/aromatic N) is 2. The van der Waals surface area contributed by atoms with Gasteiger partial charge in [0.05, 0.1) is 43.9 Å². The number of benzene rings is 1. The fourth-order valence-corrected chi connectivity index (χ4v) is 3.71. The topological polar surface area (TPSA) is 110 Å². The first-order chi connectivity index (χ1) is 16.9. The van der Waals surface area contributed by atoms with Crippen LogP contribution in [0.2, 0.25) is 0 Å². The van der Waals surface area contributed by atoms with Crippen molar-refractivity contribution in [3.63, 3.8) is 0 Å². The van der Waals surface area contributed by atoms with Gasteiger partial charge in [0.1, 0.15) is 0 Å². The first-order valence-electron chi connectivity index (χ1n) is 12.3. The molecule has 0 unspecified atom stereocenters. The summed E-state index contributed by atoms with van der Waals surface area (Å²) in [4.78, 5) is 24.9. The summed E-state index contributed by atoms with van der Waals surface area (Å²) in [6.45, 7) is 10.3. The summed E-state index contributed by atoms with van der Waals surface area (Å²) >= 11 is 0. The number of rotatable bonds is 12. The van der Waals surface area contributed by atoms with Crippen LogP contribution in [-0.4, -0.2) is 70.5 Å². The molecule has 1 aliphatic rings. The maximum absolute atomic E-state index is 11.9. The Balaban J connectivity index is 0.00000274. The molecular formula is C25H44N2O8. The van der Waals surface area contributed by atoms with E-state index in [1.165, 1.54) is 47.0 Å². The van der Waals surface area contributed by atoms with Crippen molar-refractivity contribution in [1.82, 2.24) is 4.90 Å². The smallest absolute Gasteiger partial charge is 0.305 e. The van der Waals surface area contributed by atoms with Crippen molar-refractivity contribution < 1.29 is 33.4 Å². The van der Waals surface area contributed by atoms with E-state index in [4.69, 9.17) is 18.9 Å². The zero-order valence-electron chi connectivity index (χ0n) is 22.7. The van der Waals surface area contributed by atoms with Crippen molar-refractivity contribution in [3.8, 4) is 11.5 Å². The minimum absolute atomic E-state index is 0.176. The van der Waals surface area contributed by atoms with E-state index in [0.717, 1.165) is 25.9 Å². The van der Waals surface area contributed by atoms with Gasteiger partial charge in [0.25, 0.3) is 5.69 Å². The van der Waals surface area contributed by atoms with Crippen molar-refractivity contribution in [2.24, 2.45) is 0 Å². The number of ether oxygens (including phenoxy) is 5. The van der Waals surface area contributed by atoms with Crippen molar-refractivity contribution in [2.75, 3.05) is 54.7 Å². The third-order valence-corrected chi connectivity index (χ3v) is 5.44. The number of likely N-dealkylation sites (tertiary alicyclic amines) is 1. The molecule has 0 aromatic heterocycles. The number of methoxy groups -OCH3 is 4. The van der Waals surface area contributed by atoms with Crippen LogP contribution >= 0.6 is 0 Å². The van der Waals surface area contributed by atoms with Crippen molar-refractivity contribution in [3.05, 3.63) is 27.8 Å². The van der Waals surface area contributed by atoms with Gasteiger partial charge in [0.2, 0.25) is 5.79 Å². The Bertz CT molecular complexity index is 747. The number of carbonyl (C=O) groups excluding carboxylic acids is 1. The monoisotopic (exact) mass is 500 g/mol. The van der Waals surface area contributed by atoms with Crippen LogP contribution < -0.4 is 9.47 Å². The highest BCUT2D eigenvalue weighted by Gasteiger charge is 2.41. The Morgan fingerprint density at radius 1 is 1.00 bits per heavy atom. The number of carbonyl (C=O) groups is 1. The van der Waals surface area contributed by atoms with E-state index in [9.17, 15) is 14.9 Å². The maximum atomic E-state index is 11.9. The summed E-state index contributed by atoms with van der Waals surface area (Å²) in [6, 6.07) is 2.85. The van der Waals surface area contributed by atoms with Crippen LogP contribution in [0.3, 0.4) is 0 Å². The van der Waals surface area contributed by atoms with Gasteiger partial charge in [-0.1, -0.05) is 34.1 Å². The van der Waals surface area contributed by atoms with E-state index in [2.05, 4.69) is 9.64 Å². The second kappa shape index (κ2) is 17.9. The average Bonchev–Trinajstić information content (AvgIpc) is 2.92. The number of hydrogen-bond donors (Lipinski definition) is 0. The maximum Gasteiger partial charge on any atom is 0.305 e. The molecule has 1 heterocycles. The Morgan fingerprint density at radius 2 is 1.60 bits per heavy atom. The highest BCUT2D eigenvalue weighted by atomic mass is 16.7. The molecule has 1 aromatic rings. The van der Waals surface area contributed by atoms with Crippen LogP contribution in [0.1, 0.15) is 65.4 Å². The Morgan fingerprint density at radius 3 is 2.09 bits per heavy atom. The molecule has 2 rings (SSSR count). The molecule has 10 heteroatoms. The van der Waals surface area contributed by atoms with Crippen molar-refractivity contribution in [1.29, 1.82) is 0 Å². The van der Waals surface area contributed by atoms with E-state index in [-0.39, 0.29) is 36.0 Å². The second-order valence-electron chi connectivity index (χ2n) is 7.30. The molecule has 1 aromatic carbocycles. The Kier molecular flexibility index (Phi) is 16.7. The van der Waals surface area contributed by atoms with Gasteiger partial charge in [-0.3, -0.25) is 19.8 Å². The van der Waals surface area contributed by atoms with E-state index in [0.29, 0.717) is 18.7 Å². The van der Waals surface area contributed by atoms with Crippen LogP contribution in [0.5, 0.6) is 11.5 Å². The van der Waals surface area contributed by atoms with Crippen LogP contribution in [0.25, 0.3) is 0 Å². The van der Waals surface area contributed by atoms with E-state index in [1.54, 1.807) is 0 Å². The molecule has 10 nitrogen and oxygen atoms in total. The normalized spacial score (nSPS) is 13.5. The summed E-state index contributed by atoms with van der Waals surface area (Å²) in [5.74, 6) is -1.16. The lowest BCUT2D eigenvalue weighted by Crippen LogP contribution is -2.46. The fraction of sp³-hybridized carbons (Fsp3) is 0.720. The largest absolute Gasteiger partial charge is 0.493 e. The van der Waals surface area contributed by atoms with Gasteiger partial charge in [0.15, 0.2) is 11.5 Å². The van der Waals surface area contributed by atoms with Crippen LogP contribution in [0.4, 0.5) is 5.69 Å². The zero-order chi connectivity index (χ0) is 26.9. The molecule has 202 valence electrons. The molecule has 0 aliphatic carbocycles. The Labute approximate surface area is 210 Å². The van der Waals surface area contributed by atoms with E-state index in [1.807, 2.05) is 27.7 Å². The SMILES string of the molecule is CC.CC.COC(=O)CCCOc1cc([N+](=O)[O-])c(C(CN2CCCCC2)(OC)OC)cc1OC. The summed E-state index contributed by atoms with van der Waals surface area (Å²) in [7, 11) is 5.72. The van der Waals surface area contributed by atoms with Gasteiger partial charge in [-0.05, 0) is 38.4 Å². The van der Waals surface area contributed by atoms with Crippen molar-refractivity contribution in [2.45, 2.75) is 65.6 Å². The first-order valence-corrected chi connectivity index (χ1v) is 12.3. The molecule has 35 heavy (non-hydrogen) atoms. The molecule has 0 bridgehead atoms. The number of nitro groups is 1. The summed E-state index contributed by atoms with van der Waals surface area (Å²) in [5.41, 5.74) is 0.0660. The minimum Gasteiger partial charge on any atom is -0.493 e. The molecule has 0 spiro atoms. The fourth-order valence-electron chi connectivity index (χ4n) is 3.71. The lowest BCUT2D eigenvalue weighted by atomic mass is 10.00. The van der Waals surface area contributed by atoms with Crippen LogP contribution in [-0.2, 0) is 24.8 Å². The standard InChI is InChI=1S/C21H32N2O8.2C2H6/c1-27-18-13-16(21(29-3,30-4)15-22-10-6-5-7-11-22)17(23(25)26)14-19(18)31-12-8-9-20(24)28-2;2*1-2/h13-14H,5-12,15H2,1-4H3;2*1-2H3. The number of piperidine rings is 1. The molecule has 1 aliphatic heterocycles. The van der Waals surface area contributed by atoms with Crippen LogP contribution in [0, 0.1) is 10.1 Å². The molecule has 1 saturated heterocycles. The Hall–Kier alpha value is -2.43.